The third-order valence-electron chi connectivity index (χ3n) is 1.91. The molecule has 2 rings (SSSR count). The summed E-state index contributed by atoms with van der Waals surface area (Å²) in [4.78, 5) is 0. The molecule has 68 valence electrons. The lowest BCUT2D eigenvalue weighted by atomic mass is 10.1. The summed E-state index contributed by atoms with van der Waals surface area (Å²) >= 11 is 5.97. The Kier molecular flexibility index (Phi) is 2.30. The lowest BCUT2D eigenvalue weighted by Gasteiger charge is -2.03. The zero-order valence-corrected chi connectivity index (χ0v) is 8.05. The molecule has 0 aliphatic carbocycles. The van der Waals surface area contributed by atoms with Crippen LogP contribution in [-0.2, 0) is 0 Å². The average molecular weight is 203 g/mol. The van der Waals surface area contributed by atoms with E-state index in [4.69, 9.17) is 11.6 Å². The van der Waals surface area contributed by atoms with Gasteiger partial charge >= 0.3 is 0 Å². The summed E-state index contributed by atoms with van der Waals surface area (Å²) in [5.41, 5.74) is 1.35. The van der Waals surface area contributed by atoms with Crippen molar-refractivity contribution in [3.63, 3.8) is 0 Å². The van der Waals surface area contributed by atoms with Crippen molar-refractivity contribution in [1.29, 1.82) is 0 Å². The molecule has 0 spiro atoms. The molecular formula is C12H7ClO. The Morgan fingerprint density at radius 2 is 2.00 bits per heavy atom. The molecule has 0 amide bonds. The molecule has 1 nitrogen and oxygen atoms in total. The van der Waals surface area contributed by atoms with Crippen LogP contribution in [0.1, 0.15) is 0 Å². The van der Waals surface area contributed by atoms with Crippen LogP contribution in [0.25, 0.3) is 11.1 Å². The maximum absolute atomic E-state index is 9.63. The SMILES string of the molecule is Oc1cccc(Cl)c1-c1c#cccc1. The smallest absolute Gasteiger partial charge is 0.125 e. The largest absolute Gasteiger partial charge is 0.507 e. The minimum absolute atomic E-state index is 0.161. The molecule has 0 aliphatic heterocycles. The van der Waals surface area contributed by atoms with Gasteiger partial charge in [-0.1, -0.05) is 35.9 Å². The number of phenolic OH excluding ortho intramolecular Hbond substituents is 1. The monoisotopic (exact) mass is 202 g/mol. The number of benzene rings is 1. The zero-order valence-electron chi connectivity index (χ0n) is 7.29. The summed E-state index contributed by atoms with van der Waals surface area (Å²) in [7, 11) is 0. The molecule has 0 radical (unpaired) electrons. The van der Waals surface area contributed by atoms with Crippen molar-refractivity contribution in [2.45, 2.75) is 0 Å². The van der Waals surface area contributed by atoms with Gasteiger partial charge in [0.15, 0.2) is 0 Å². The first-order valence-electron chi connectivity index (χ1n) is 4.15. The van der Waals surface area contributed by atoms with Crippen LogP contribution in [0.4, 0.5) is 0 Å². The van der Waals surface area contributed by atoms with Gasteiger partial charge in [-0.2, -0.15) is 0 Å². The van der Waals surface area contributed by atoms with Crippen molar-refractivity contribution in [3.8, 4) is 16.9 Å². The van der Waals surface area contributed by atoms with Gasteiger partial charge in [0.2, 0.25) is 0 Å². The number of aromatic hydroxyl groups is 1. The van der Waals surface area contributed by atoms with Gasteiger partial charge < -0.3 is 5.11 Å². The molecule has 14 heavy (non-hydrogen) atoms. The van der Waals surface area contributed by atoms with E-state index in [1.807, 2.05) is 12.1 Å². The van der Waals surface area contributed by atoms with Crippen molar-refractivity contribution >= 4 is 11.6 Å². The van der Waals surface area contributed by atoms with Crippen LogP contribution in [0, 0.1) is 12.1 Å². The van der Waals surface area contributed by atoms with Gasteiger partial charge in [0.05, 0.1) is 10.6 Å². The second-order valence-electron chi connectivity index (χ2n) is 2.84. The molecule has 0 saturated carbocycles. The third-order valence-corrected chi connectivity index (χ3v) is 2.23. The fourth-order valence-corrected chi connectivity index (χ4v) is 1.55. The standard InChI is InChI=1S/C12H7ClO/c13-10-7-4-8-11(14)12(10)9-5-2-1-3-6-9/h1-2,4-5,7-8,14H. The van der Waals surface area contributed by atoms with E-state index in [9.17, 15) is 5.11 Å². The summed E-state index contributed by atoms with van der Waals surface area (Å²) in [5.74, 6) is 0.161. The van der Waals surface area contributed by atoms with Crippen LogP contribution in [0.5, 0.6) is 5.75 Å². The topological polar surface area (TPSA) is 20.2 Å². The number of hydrogen-bond acceptors (Lipinski definition) is 1. The van der Waals surface area contributed by atoms with Gasteiger partial charge in [-0.3, -0.25) is 0 Å². The summed E-state index contributed by atoms with van der Waals surface area (Å²) in [6.45, 7) is 0. The van der Waals surface area contributed by atoms with E-state index in [0.29, 0.717) is 10.6 Å². The second-order valence-corrected chi connectivity index (χ2v) is 3.25. The quantitative estimate of drug-likeness (QED) is 0.752. The van der Waals surface area contributed by atoms with Crippen LogP contribution < -0.4 is 0 Å². The Balaban J connectivity index is 2.63. The maximum atomic E-state index is 9.63. The van der Waals surface area contributed by atoms with Crippen LogP contribution in [0.15, 0.2) is 36.4 Å². The molecule has 0 heterocycles. The third kappa shape index (κ3) is 1.53. The Morgan fingerprint density at radius 3 is 2.64 bits per heavy atom. The highest BCUT2D eigenvalue weighted by Crippen LogP contribution is 2.34. The summed E-state index contributed by atoms with van der Waals surface area (Å²) in [6, 6.07) is 16.2. The number of phenols is 1. The highest BCUT2D eigenvalue weighted by Gasteiger charge is 2.07. The van der Waals surface area contributed by atoms with Crippen molar-refractivity contribution in [2.75, 3.05) is 0 Å². The summed E-state index contributed by atoms with van der Waals surface area (Å²) < 4.78 is 0. The Hall–Kier alpha value is -1.65. The molecule has 0 bridgehead atoms. The highest BCUT2D eigenvalue weighted by atomic mass is 35.5. The molecular weight excluding hydrogens is 196 g/mol. The fraction of sp³-hybridized carbons (Fsp3) is 0. The zero-order chi connectivity index (χ0) is 9.97. The lowest BCUT2D eigenvalue weighted by Crippen LogP contribution is -1.78. The van der Waals surface area contributed by atoms with Crippen LogP contribution in [0.3, 0.4) is 0 Å². The first-order valence-corrected chi connectivity index (χ1v) is 4.53. The summed E-state index contributed by atoms with van der Waals surface area (Å²) in [5, 5.41) is 10.1. The molecule has 2 heteroatoms. The molecule has 2 aromatic rings. The average Bonchev–Trinajstić information content (AvgIpc) is 2.19. The minimum Gasteiger partial charge on any atom is -0.507 e. The number of halogens is 1. The lowest BCUT2D eigenvalue weighted by molar-refractivity contribution is 0.477. The van der Waals surface area contributed by atoms with Gasteiger partial charge in [-0.15, -0.1) is 0 Å². The Bertz CT molecular complexity index is 417. The summed E-state index contributed by atoms with van der Waals surface area (Å²) in [6.07, 6.45) is 0. The van der Waals surface area contributed by atoms with E-state index in [1.54, 1.807) is 24.3 Å². The molecule has 2 aromatic carbocycles. The van der Waals surface area contributed by atoms with Crippen LogP contribution in [-0.4, -0.2) is 5.11 Å². The van der Waals surface area contributed by atoms with Crippen molar-refractivity contribution < 1.29 is 5.11 Å². The molecule has 0 atom stereocenters. The van der Waals surface area contributed by atoms with E-state index in [2.05, 4.69) is 12.1 Å². The Labute approximate surface area is 87.6 Å². The number of hydrogen-bond donors (Lipinski definition) is 1. The van der Waals surface area contributed by atoms with E-state index in [1.165, 1.54) is 0 Å². The van der Waals surface area contributed by atoms with E-state index < -0.39 is 0 Å². The minimum atomic E-state index is 0.161. The normalized spacial score (nSPS) is 9.50. The molecule has 1 N–H and O–H groups in total. The Morgan fingerprint density at radius 1 is 1.14 bits per heavy atom. The predicted molar refractivity (Wildman–Crippen MR) is 56.2 cm³/mol. The van der Waals surface area contributed by atoms with Gasteiger partial charge in [0, 0.05) is 5.56 Å². The van der Waals surface area contributed by atoms with Crippen molar-refractivity contribution in [1.82, 2.24) is 0 Å². The number of rotatable bonds is 1. The first-order chi connectivity index (χ1) is 6.79. The van der Waals surface area contributed by atoms with Crippen LogP contribution in [0.2, 0.25) is 5.02 Å². The van der Waals surface area contributed by atoms with Crippen LogP contribution >= 0.6 is 11.6 Å². The van der Waals surface area contributed by atoms with E-state index in [-0.39, 0.29) is 5.75 Å². The molecule has 0 fully saturated rings. The van der Waals surface area contributed by atoms with E-state index >= 15 is 0 Å². The van der Waals surface area contributed by atoms with Crippen molar-refractivity contribution in [2.24, 2.45) is 0 Å². The molecule has 0 aliphatic rings. The van der Waals surface area contributed by atoms with Gasteiger partial charge in [-0.25, -0.2) is 0 Å². The van der Waals surface area contributed by atoms with Gasteiger partial charge in [0.25, 0.3) is 0 Å². The second kappa shape index (κ2) is 3.61. The fourth-order valence-electron chi connectivity index (χ4n) is 1.28. The van der Waals surface area contributed by atoms with Gasteiger partial charge in [-0.05, 0) is 24.3 Å². The molecule has 0 saturated heterocycles. The van der Waals surface area contributed by atoms with Crippen molar-refractivity contribution in [3.05, 3.63) is 53.6 Å². The van der Waals surface area contributed by atoms with E-state index in [0.717, 1.165) is 5.56 Å². The van der Waals surface area contributed by atoms with Gasteiger partial charge in [0.1, 0.15) is 5.75 Å². The molecule has 0 aromatic heterocycles. The first kappa shape index (κ1) is 8.93. The highest BCUT2D eigenvalue weighted by molar-refractivity contribution is 6.33. The maximum Gasteiger partial charge on any atom is 0.125 e. The molecule has 0 unspecified atom stereocenters. The predicted octanol–water partition coefficient (Wildman–Crippen LogP) is 3.31.